The highest BCUT2D eigenvalue weighted by Crippen LogP contribution is 2.30. The molecule has 0 aliphatic heterocycles. The summed E-state index contributed by atoms with van der Waals surface area (Å²) < 4.78 is 2.21. The number of nitrogens with one attached hydrogen (secondary N) is 2. The van der Waals surface area contributed by atoms with Crippen molar-refractivity contribution < 1.29 is 4.90 Å². The molecule has 2 aromatic heterocycles. The summed E-state index contributed by atoms with van der Waals surface area (Å²) in [5.74, 6) is 0.934. The minimum atomic E-state index is 0.923. The standard InChI is InChI=1S/C19H25N5/c1-14-15(2)24(16-9-6-5-7-10-16)19-17(14)18(21-13-22-19)20-11-8-12-23(3)4/h5-7,9-10,13H,8,11-12H2,1-4H3,(H,20,21,22)/p+1. The van der Waals surface area contributed by atoms with Crippen molar-refractivity contribution in [1.29, 1.82) is 0 Å². The number of aryl methyl sites for hydroxylation is 1. The van der Waals surface area contributed by atoms with E-state index in [4.69, 9.17) is 0 Å². The largest absolute Gasteiger partial charge is 0.369 e. The molecule has 0 spiro atoms. The Hall–Kier alpha value is -2.40. The van der Waals surface area contributed by atoms with Gasteiger partial charge in [-0.1, -0.05) is 18.2 Å². The second kappa shape index (κ2) is 7.01. The zero-order valence-corrected chi connectivity index (χ0v) is 14.9. The van der Waals surface area contributed by atoms with Crippen LogP contribution in [0.25, 0.3) is 16.7 Å². The van der Waals surface area contributed by atoms with Crippen LogP contribution in [0.5, 0.6) is 0 Å². The van der Waals surface area contributed by atoms with E-state index in [1.54, 1.807) is 6.33 Å². The van der Waals surface area contributed by atoms with Crippen molar-refractivity contribution in [3.8, 4) is 5.69 Å². The summed E-state index contributed by atoms with van der Waals surface area (Å²) in [5, 5.41) is 4.62. The Morgan fingerprint density at radius 1 is 1.08 bits per heavy atom. The number of rotatable bonds is 6. The third kappa shape index (κ3) is 3.12. The first kappa shape index (κ1) is 16.5. The molecule has 3 rings (SSSR count). The highest BCUT2D eigenvalue weighted by molar-refractivity contribution is 5.93. The van der Waals surface area contributed by atoms with Gasteiger partial charge in [-0.15, -0.1) is 0 Å². The molecule has 0 atom stereocenters. The second-order valence-corrected chi connectivity index (χ2v) is 6.54. The fourth-order valence-corrected chi connectivity index (χ4v) is 3.07. The van der Waals surface area contributed by atoms with Crippen molar-refractivity contribution in [2.75, 3.05) is 32.5 Å². The van der Waals surface area contributed by atoms with Crippen molar-refractivity contribution in [3.05, 3.63) is 47.9 Å². The van der Waals surface area contributed by atoms with Crippen LogP contribution in [0.15, 0.2) is 36.7 Å². The molecule has 0 aliphatic rings. The van der Waals surface area contributed by atoms with E-state index in [0.29, 0.717) is 0 Å². The highest BCUT2D eigenvalue weighted by atomic mass is 15.1. The number of hydrogen-bond acceptors (Lipinski definition) is 3. The predicted molar refractivity (Wildman–Crippen MR) is 99.1 cm³/mol. The molecule has 1 aromatic carbocycles. The van der Waals surface area contributed by atoms with E-state index in [1.807, 2.05) is 6.07 Å². The maximum atomic E-state index is 4.56. The molecule has 0 radical (unpaired) electrons. The normalized spacial score (nSPS) is 11.4. The number of benzene rings is 1. The zero-order valence-electron chi connectivity index (χ0n) is 14.9. The average Bonchev–Trinajstić information content (AvgIpc) is 2.84. The summed E-state index contributed by atoms with van der Waals surface area (Å²) in [6.45, 7) is 6.36. The maximum Gasteiger partial charge on any atom is 0.150 e. The lowest BCUT2D eigenvalue weighted by Crippen LogP contribution is -3.05. The molecular formula is C19H26N5+. The SMILES string of the molecule is Cc1c(C)n(-c2ccccc2)c2ncnc(NCCC[NH+](C)C)c12. The second-order valence-electron chi connectivity index (χ2n) is 6.54. The Kier molecular flexibility index (Phi) is 4.81. The molecule has 0 saturated heterocycles. The van der Waals surface area contributed by atoms with Crippen LogP contribution in [0, 0.1) is 13.8 Å². The van der Waals surface area contributed by atoms with Crippen molar-refractivity contribution in [1.82, 2.24) is 14.5 Å². The van der Waals surface area contributed by atoms with Crippen LogP contribution in [0.3, 0.4) is 0 Å². The first-order valence-electron chi connectivity index (χ1n) is 8.50. The van der Waals surface area contributed by atoms with Crippen LogP contribution in [-0.2, 0) is 0 Å². The molecule has 0 fully saturated rings. The number of para-hydroxylation sites is 1. The molecule has 2 N–H and O–H groups in total. The Bertz CT molecular complexity index is 821. The summed E-state index contributed by atoms with van der Waals surface area (Å²) in [7, 11) is 4.35. The summed E-state index contributed by atoms with van der Waals surface area (Å²) in [6, 6.07) is 10.4. The van der Waals surface area contributed by atoms with Crippen molar-refractivity contribution in [2.24, 2.45) is 0 Å². The van der Waals surface area contributed by atoms with E-state index in [1.165, 1.54) is 16.2 Å². The molecule has 126 valence electrons. The Morgan fingerprint density at radius 2 is 1.83 bits per heavy atom. The van der Waals surface area contributed by atoms with Crippen LogP contribution < -0.4 is 10.2 Å². The topological polar surface area (TPSA) is 47.2 Å². The number of hydrogen-bond donors (Lipinski definition) is 2. The van der Waals surface area contributed by atoms with Gasteiger partial charge < -0.3 is 10.2 Å². The lowest BCUT2D eigenvalue weighted by Gasteiger charge is -2.10. The summed E-state index contributed by atoms with van der Waals surface area (Å²) >= 11 is 0. The minimum Gasteiger partial charge on any atom is -0.369 e. The van der Waals surface area contributed by atoms with E-state index in [0.717, 1.165) is 42.0 Å². The van der Waals surface area contributed by atoms with Gasteiger partial charge in [0.1, 0.15) is 12.1 Å². The maximum absolute atomic E-state index is 4.56. The van der Waals surface area contributed by atoms with Crippen LogP contribution in [0.1, 0.15) is 17.7 Å². The molecule has 0 saturated carbocycles. The van der Waals surface area contributed by atoms with Gasteiger partial charge in [-0.3, -0.25) is 4.57 Å². The Morgan fingerprint density at radius 3 is 2.54 bits per heavy atom. The highest BCUT2D eigenvalue weighted by Gasteiger charge is 2.17. The third-order valence-corrected chi connectivity index (χ3v) is 4.45. The number of anilines is 1. The summed E-state index contributed by atoms with van der Waals surface area (Å²) in [6.07, 6.45) is 2.77. The van der Waals surface area contributed by atoms with E-state index in [2.05, 4.69) is 72.1 Å². The van der Waals surface area contributed by atoms with Crippen molar-refractivity contribution in [3.63, 3.8) is 0 Å². The molecular weight excluding hydrogens is 298 g/mol. The van der Waals surface area contributed by atoms with Gasteiger partial charge in [-0.25, -0.2) is 9.97 Å². The van der Waals surface area contributed by atoms with Gasteiger partial charge >= 0.3 is 0 Å². The predicted octanol–water partition coefficient (Wildman–Crippen LogP) is 1.98. The first-order chi connectivity index (χ1) is 11.6. The lowest BCUT2D eigenvalue weighted by molar-refractivity contribution is -0.858. The molecule has 0 bridgehead atoms. The van der Waals surface area contributed by atoms with E-state index in [9.17, 15) is 0 Å². The van der Waals surface area contributed by atoms with Gasteiger partial charge in [0.15, 0.2) is 5.65 Å². The van der Waals surface area contributed by atoms with Crippen molar-refractivity contribution >= 4 is 16.9 Å². The van der Waals surface area contributed by atoms with E-state index in [-0.39, 0.29) is 0 Å². The van der Waals surface area contributed by atoms with Crippen molar-refractivity contribution in [2.45, 2.75) is 20.3 Å². The van der Waals surface area contributed by atoms with Crippen LogP contribution in [-0.4, -0.2) is 41.7 Å². The number of fused-ring (bicyclic) bond motifs is 1. The number of aromatic nitrogens is 3. The van der Waals surface area contributed by atoms with Gasteiger partial charge in [-0.2, -0.15) is 0 Å². The molecule has 24 heavy (non-hydrogen) atoms. The third-order valence-electron chi connectivity index (χ3n) is 4.45. The van der Waals surface area contributed by atoms with E-state index >= 15 is 0 Å². The van der Waals surface area contributed by atoms with Gasteiger partial charge in [0.2, 0.25) is 0 Å². The van der Waals surface area contributed by atoms with Gasteiger partial charge in [0, 0.05) is 24.3 Å². The summed E-state index contributed by atoms with van der Waals surface area (Å²) in [4.78, 5) is 10.5. The quantitative estimate of drug-likeness (QED) is 0.682. The van der Waals surface area contributed by atoms with Crippen LogP contribution >= 0.6 is 0 Å². The first-order valence-corrected chi connectivity index (χ1v) is 8.50. The van der Waals surface area contributed by atoms with Gasteiger partial charge in [-0.05, 0) is 31.5 Å². The minimum absolute atomic E-state index is 0.923. The Balaban J connectivity index is 1.99. The zero-order chi connectivity index (χ0) is 17.1. The molecule has 0 aliphatic carbocycles. The number of quaternary nitrogens is 1. The molecule has 2 heterocycles. The van der Waals surface area contributed by atoms with Gasteiger partial charge in [0.25, 0.3) is 0 Å². The smallest absolute Gasteiger partial charge is 0.150 e. The monoisotopic (exact) mass is 324 g/mol. The van der Waals surface area contributed by atoms with Crippen LogP contribution in [0.4, 0.5) is 5.82 Å². The molecule has 0 amide bonds. The van der Waals surface area contributed by atoms with Gasteiger partial charge in [0.05, 0.1) is 26.0 Å². The fourth-order valence-electron chi connectivity index (χ4n) is 3.07. The summed E-state index contributed by atoms with van der Waals surface area (Å²) in [5.41, 5.74) is 4.54. The lowest BCUT2D eigenvalue weighted by atomic mass is 10.2. The van der Waals surface area contributed by atoms with Crippen LogP contribution in [0.2, 0.25) is 0 Å². The fraction of sp³-hybridized carbons (Fsp3) is 0.368. The molecule has 5 nitrogen and oxygen atoms in total. The number of nitrogens with zero attached hydrogens (tertiary/aromatic N) is 3. The average molecular weight is 324 g/mol. The molecule has 5 heteroatoms. The Labute approximate surface area is 143 Å². The van der Waals surface area contributed by atoms with E-state index < -0.39 is 0 Å². The molecule has 0 unspecified atom stereocenters. The molecule has 3 aromatic rings.